The Kier molecular flexibility index (Phi) is 3.15. The molecule has 2 heteroatoms. The van der Waals surface area contributed by atoms with Crippen molar-refractivity contribution < 1.29 is 3.07 Å². The Labute approximate surface area is 75.1 Å². The van der Waals surface area contributed by atoms with Crippen molar-refractivity contribution in [3.63, 3.8) is 0 Å². The van der Waals surface area contributed by atoms with E-state index in [4.69, 9.17) is 3.07 Å². The summed E-state index contributed by atoms with van der Waals surface area (Å²) in [6.45, 7) is 2.79. The maximum atomic E-state index is 4.98. The van der Waals surface area contributed by atoms with E-state index in [1.165, 1.54) is 11.1 Å². The minimum Gasteiger partial charge on any atom is -0.311 e. The largest absolute Gasteiger partial charge is 0.311 e. The lowest BCUT2D eigenvalue weighted by Gasteiger charge is -2.00. The first-order chi connectivity index (χ1) is 4.84. The molecule has 0 aliphatic rings. The molecule has 0 atom stereocenters. The van der Waals surface area contributed by atoms with Crippen molar-refractivity contribution in [1.29, 1.82) is 0 Å². The van der Waals surface area contributed by atoms with Crippen molar-refractivity contribution in [3.05, 3.63) is 35.4 Å². The van der Waals surface area contributed by atoms with E-state index in [1.54, 1.807) is 0 Å². The second-order valence-corrected chi connectivity index (χ2v) is 2.80. The Morgan fingerprint density at radius 2 is 2.10 bits per heavy atom. The third-order valence-electron chi connectivity index (χ3n) is 1.47. The lowest BCUT2D eigenvalue weighted by molar-refractivity contribution is 0.417. The van der Waals surface area contributed by atoms with Gasteiger partial charge in [0.05, 0.1) is 6.61 Å². The first-order valence-electron chi connectivity index (χ1n) is 3.12. The molecule has 0 aliphatic heterocycles. The molecule has 1 nitrogen and oxygen atoms in total. The highest BCUT2D eigenvalue weighted by Crippen LogP contribution is 2.09. The van der Waals surface area contributed by atoms with Crippen LogP contribution in [0.3, 0.4) is 0 Å². The average Bonchev–Trinajstić information content (AvgIpc) is 1.94. The van der Waals surface area contributed by atoms with Gasteiger partial charge in [-0.1, -0.05) is 24.3 Å². The van der Waals surface area contributed by atoms with E-state index in [0.29, 0.717) is 6.61 Å². The number of hydrogen-bond donors (Lipinski definition) is 0. The van der Waals surface area contributed by atoms with Crippen LogP contribution in [0.1, 0.15) is 11.1 Å². The van der Waals surface area contributed by atoms with Crippen LogP contribution >= 0.6 is 23.0 Å². The molecule has 0 fully saturated rings. The van der Waals surface area contributed by atoms with E-state index in [2.05, 4.69) is 19.1 Å². The summed E-state index contributed by atoms with van der Waals surface area (Å²) in [5.74, 6) is 0. The molecule has 1 aromatic carbocycles. The van der Waals surface area contributed by atoms with E-state index < -0.39 is 0 Å². The maximum absolute atomic E-state index is 4.98. The summed E-state index contributed by atoms with van der Waals surface area (Å²) in [6, 6.07) is 8.23. The molecular weight excluding hydrogens is 239 g/mol. The van der Waals surface area contributed by atoms with Crippen molar-refractivity contribution in [2.24, 2.45) is 0 Å². The standard InChI is InChI=1S/C8H9IO/c1-7-4-2-3-5-8(7)6-10-9/h2-5H,6H2,1H3. The fraction of sp³-hybridized carbons (Fsp3) is 0.250. The van der Waals surface area contributed by atoms with E-state index in [0.717, 1.165) is 0 Å². The maximum Gasteiger partial charge on any atom is 0.110 e. The SMILES string of the molecule is Cc1ccccc1COI. The van der Waals surface area contributed by atoms with Crippen LogP contribution in [0, 0.1) is 6.92 Å². The summed E-state index contributed by atoms with van der Waals surface area (Å²) in [7, 11) is 0. The smallest absolute Gasteiger partial charge is 0.110 e. The van der Waals surface area contributed by atoms with Crippen LogP contribution in [0.2, 0.25) is 0 Å². The van der Waals surface area contributed by atoms with Gasteiger partial charge in [-0.3, -0.25) is 0 Å². The van der Waals surface area contributed by atoms with E-state index in [-0.39, 0.29) is 0 Å². The van der Waals surface area contributed by atoms with Crippen molar-refractivity contribution in [3.8, 4) is 0 Å². The number of hydrogen-bond acceptors (Lipinski definition) is 1. The van der Waals surface area contributed by atoms with Crippen LogP contribution in [0.15, 0.2) is 24.3 Å². The fourth-order valence-electron chi connectivity index (χ4n) is 0.831. The molecule has 0 aliphatic carbocycles. The fourth-order valence-corrected chi connectivity index (χ4v) is 1.17. The molecule has 1 aromatic rings. The zero-order valence-corrected chi connectivity index (χ0v) is 7.96. The van der Waals surface area contributed by atoms with Crippen LogP contribution in [-0.2, 0) is 9.67 Å². The molecule has 54 valence electrons. The van der Waals surface area contributed by atoms with Crippen LogP contribution in [0.5, 0.6) is 0 Å². The van der Waals surface area contributed by atoms with Crippen LogP contribution in [0.4, 0.5) is 0 Å². The predicted octanol–water partition coefficient (Wildman–Crippen LogP) is 2.86. The van der Waals surface area contributed by atoms with Crippen molar-refractivity contribution in [2.45, 2.75) is 13.5 Å². The molecule has 0 saturated heterocycles. The van der Waals surface area contributed by atoms with Gasteiger partial charge in [-0.05, 0) is 18.1 Å². The third kappa shape index (κ3) is 1.95. The zero-order chi connectivity index (χ0) is 7.40. The molecule has 0 saturated carbocycles. The highest BCUT2D eigenvalue weighted by Gasteiger charge is 1.93. The zero-order valence-electron chi connectivity index (χ0n) is 5.80. The van der Waals surface area contributed by atoms with Gasteiger partial charge in [0.25, 0.3) is 0 Å². The van der Waals surface area contributed by atoms with Gasteiger partial charge in [-0.25, -0.2) is 0 Å². The molecule has 0 aromatic heterocycles. The first kappa shape index (κ1) is 8.01. The molecule has 0 heterocycles. The average molecular weight is 248 g/mol. The Hall–Kier alpha value is -0.0900. The van der Waals surface area contributed by atoms with Crippen molar-refractivity contribution >= 4 is 23.0 Å². The highest BCUT2D eigenvalue weighted by molar-refractivity contribution is 14.1. The lowest BCUT2D eigenvalue weighted by Crippen LogP contribution is -1.86. The summed E-state index contributed by atoms with van der Waals surface area (Å²) < 4.78 is 4.98. The molecule has 0 unspecified atom stereocenters. The van der Waals surface area contributed by atoms with Crippen molar-refractivity contribution in [2.75, 3.05) is 0 Å². The molecule has 0 amide bonds. The Morgan fingerprint density at radius 1 is 1.40 bits per heavy atom. The van der Waals surface area contributed by atoms with Gasteiger partial charge in [-0.15, -0.1) is 0 Å². The van der Waals surface area contributed by atoms with Gasteiger partial charge >= 0.3 is 0 Å². The monoisotopic (exact) mass is 248 g/mol. The number of rotatable bonds is 2. The van der Waals surface area contributed by atoms with E-state index in [9.17, 15) is 0 Å². The molecular formula is C8H9IO. The first-order valence-corrected chi connectivity index (χ1v) is 4.00. The second kappa shape index (κ2) is 3.93. The van der Waals surface area contributed by atoms with Gasteiger partial charge < -0.3 is 3.07 Å². The van der Waals surface area contributed by atoms with E-state index in [1.807, 2.05) is 35.1 Å². The second-order valence-electron chi connectivity index (χ2n) is 2.18. The lowest BCUT2D eigenvalue weighted by atomic mass is 10.1. The highest BCUT2D eigenvalue weighted by atomic mass is 127. The topological polar surface area (TPSA) is 9.23 Å². The van der Waals surface area contributed by atoms with Gasteiger partial charge in [0.15, 0.2) is 0 Å². The summed E-state index contributed by atoms with van der Waals surface area (Å²) in [5.41, 5.74) is 2.55. The number of benzene rings is 1. The Balaban J connectivity index is 2.81. The predicted molar refractivity (Wildman–Crippen MR) is 50.0 cm³/mol. The number of aryl methyl sites for hydroxylation is 1. The third-order valence-corrected chi connectivity index (χ3v) is 1.78. The van der Waals surface area contributed by atoms with Gasteiger partial charge in [0.2, 0.25) is 0 Å². The van der Waals surface area contributed by atoms with E-state index >= 15 is 0 Å². The minimum atomic E-state index is 0.702. The Bertz CT molecular complexity index is 210. The van der Waals surface area contributed by atoms with Gasteiger partial charge in [0.1, 0.15) is 23.0 Å². The van der Waals surface area contributed by atoms with Crippen LogP contribution in [0.25, 0.3) is 0 Å². The molecule has 0 N–H and O–H groups in total. The summed E-state index contributed by atoms with van der Waals surface area (Å²) in [5, 5.41) is 0. The van der Waals surface area contributed by atoms with Gasteiger partial charge in [-0.2, -0.15) is 0 Å². The summed E-state index contributed by atoms with van der Waals surface area (Å²) >= 11 is 1.91. The normalized spacial score (nSPS) is 9.80. The molecule has 0 bridgehead atoms. The van der Waals surface area contributed by atoms with Crippen LogP contribution < -0.4 is 0 Å². The quantitative estimate of drug-likeness (QED) is 0.731. The Morgan fingerprint density at radius 3 is 2.70 bits per heavy atom. The van der Waals surface area contributed by atoms with Crippen molar-refractivity contribution in [1.82, 2.24) is 0 Å². The molecule has 10 heavy (non-hydrogen) atoms. The number of halogens is 1. The summed E-state index contributed by atoms with van der Waals surface area (Å²) in [6.07, 6.45) is 0. The van der Waals surface area contributed by atoms with Gasteiger partial charge in [0, 0.05) is 0 Å². The minimum absolute atomic E-state index is 0.702. The summed E-state index contributed by atoms with van der Waals surface area (Å²) in [4.78, 5) is 0. The van der Waals surface area contributed by atoms with Crippen LogP contribution in [-0.4, -0.2) is 0 Å². The molecule has 1 rings (SSSR count). The molecule has 0 spiro atoms. The molecule has 0 radical (unpaired) electrons.